The Morgan fingerprint density at radius 2 is 1.90 bits per heavy atom. The fraction of sp³-hybridized carbons (Fsp3) is 0.304. The summed E-state index contributed by atoms with van der Waals surface area (Å²) in [6.45, 7) is 1.39. The number of anilines is 2. The molecule has 5 rings (SSSR count). The molecule has 2 aliphatic rings. The van der Waals surface area contributed by atoms with Crippen molar-refractivity contribution in [2.75, 3.05) is 18.4 Å². The quantitative estimate of drug-likeness (QED) is 0.693. The summed E-state index contributed by atoms with van der Waals surface area (Å²) in [4.78, 5) is 28.0. The van der Waals surface area contributed by atoms with E-state index in [0.29, 0.717) is 23.9 Å². The molecule has 1 aliphatic heterocycles. The van der Waals surface area contributed by atoms with Crippen LogP contribution >= 0.6 is 0 Å². The molecule has 2 aromatic heterocycles. The van der Waals surface area contributed by atoms with Crippen molar-refractivity contribution in [3.05, 3.63) is 66.5 Å². The highest BCUT2D eigenvalue weighted by Crippen LogP contribution is 2.35. The smallest absolute Gasteiger partial charge is 0.225 e. The predicted molar refractivity (Wildman–Crippen MR) is 112 cm³/mol. The Balaban J connectivity index is 1.46. The van der Waals surface area contributed by atoms with Crippen LogP contribution in [-0.2, 0) is 4.79 Å². The zero-order valence-electron chi connectivity index (χ0n) is 16.5. The third-order valence-corrected chi connectivity index (χ3v) is 5.61. The Hall–Kier alpha value is -3.35. The minimum Gasteiger partial charge on any atom is -0.342 e. The Bertz CT molecular complexity index is 1070. The van der Waals surface area contributed by atoms with Crippen LogP contribution in [0.3, 0.4) is 0 Å². The molecule has 1 saturated heterocycles. The van der Waals surface area contributed by atoms with Crippen LogP contribution in [-0.4, -0.2) is 38.8 Å². The van der Waals surface area contributed by atoms with Crippen LogP contribution in [0.1, 0.15) is 31.0 Å². The van der Waals surface area contributed by atoms with E-state index in [1.807, 2.05) is 23.1 Å². The lowest BCUT2D eigenvalue weighted by atomic mass is 10.1. The molecule has 1 aliphatic carbocycles. The maximum Gasteiger partial charge on any atom is 0.225 e. The van der Waals surface area contributed by atoms with Crippen molar-refractivity contribution in [3.63, 3.8) is 0 Å². The number of amides is 1. The molecule has 1 unspecified atom stereocenters. The first-order valence-corrected chi connectivity index (χ1v) is 10.3. The summed E-state index contributed by atoms with van der Waals surface area (Å²) in [6.07, 6.45) is 6.31. The van der Waals surface area contributed by atoms with E-state index in [4.69, 9.17) is 9.97 Å². The lowest BCUT2D eigenvalue weighted by Crippen LogP contribution is -2.29. The Labute approximate surface area is 174 Å². The number of nitrogens with zero attached hydrogens (tertiary/aromatic N) is 4. The highest BCUT2D eigenvalue weighted by molar-refractivity contribution is 5.81. The van der Waals surface area contributed by atoms with Gasteiger partial charge in [-0.2, -0.15) is 0 Å². The molecule has 30 heavy (non-hydrogen) atoms. The van der Waals surface area contributed by atoms with Crippen LogP contribution < -0.4 is 5.32 Å². The summed E-state index contributed by atoms with van der Waals surface area (Å²) in [6, 6.07) is 11.9. The highest BCUT2D eigenvalue weighted by atomic mass is 19.1. The van der Waals surface area contributed by atoms with Gasteiger partial charge in [0.2, 0.25) is 5.91 Å². The van der Waals surface area contributed by atoms with Crippen molar-refractivity contribution in [1.82, 2.24) is 19.9 Å². The van der Waals surface area contributed by atoms with Crippen LogP contribution in [0.25, 0.3) is 11.3 Å². The number of carbonyl (C=O) groups is 1. The Morgan fingerprint density at radius 1 is 1.07 bits per heavy atom. The van der Waals surface area contributed by atoms with Gasteiger partial charge in [-0.1, -0.05) is 6.07 Å². The average Bonchev–Trinajstić information content (AvgIpc) is 3.50. The van der Waals surface area contributed by atoms with Crippen molar-refractivity contribution in [2.24, 2.45) is 5.92 Å². The van der Waals surface area contributed by atoms with Crippen LogP contribution in [0.4, 0.5) is 15.9 Å². The number of hydrogen-bond donors (Lipinski definition) is 1. The van der Waals surface area contributed by atoms with Crippen molar-refractivity contribution >= 4 is 17.4 Å². The first-order valence-electron chi connectivity index (χ1n) is 10.3. The molecule has 1 amide bonds. The first kappa shape index (κ1) is 18.7. The van der Waals surface area contributed by atoms with Crippen LogP contribution in [0.2, 0.25) is 0 Å². The number of carbonyl (C=O) groups excluding carboxylic acids is 1. The van der Waals surface area contributed by atoms with Gasteiger partial charge in [0.1, 0.15) is 17.5 Å². The van der Waals surface area contributed by atoms with Crippen LogP contribution in [0, 0.1) is 11.7 Å². The number of benzene rings is 1. The standard InChI is InChI=1S/C23H22FN5O/c24-18-2-1-3-19(12-18)26-21-13-20(15-6-9-25-10-7-15)27-22(28-21)17-8-11-29(14-17)23(30)16-4-5-16/h1-3,6-7,9-10,12-13,16-17H,4-5,8,11,14H2,(H,26,27,28). The van der Waals surface area contributed by atoms with E-state index in [1.54, 1.807) is 24.5 Å². The molecule has 7 heteroatoms. The second-order valence-electron chi connectivity index (χ2n) is 7.91. The van der Waals surface area contributed by atoms with E-state index in [-0.39, 0.29) is 23.6 Å². The molecule has 1 aromatic carbocycles. The summed E-state index contributed by atoms with van der Waals surface area (Å²) in [5.41, 5.74) is 2.32. The van der Waals surface area contributed by atoms with Crippen molar-refractivity contribution < 1.29 is 9.18 Å². The van der Waals surface area contributed by atoms with E-state index in [0.717, 1.165) is 37.1 Å². The third kappa shape index (κ3) is 4.01. The first-order chi connectivity index (χ1) is 14.7. The lowest BCUT2D eigenvalue weighted by molar-refractivity contribution is -0.131. The fourth-order valence-electron chi connectivity index (χ4n) is 3.86. The van der Waals surface area contributed by atoms with Gasteiger partial charge >= 0.3 is 0 Å². The number of nitrogens with one attached hydrogen (secondary N) is 1. The zero-order valence-corrected chi connectivity index (χ0v) is 16.5. The van der Waals surface area contributed by atoms with Gasteiger partial charge in [0.15, 0.2) is 0 Å². The molecule has 0 bridgehead atoms. The van der Waals surface area contributed by atoms with Gasteiger partial charge in [-0.05, 0) is 49.6 Å². The molecule has 2 fully saturated rings. The molecular formula is C23H22FN5O. The summed E-state index contributed by atoms with van der Waals surface area (Å²) in [5, 5.41) is 3.19. The summed E-state index contributed by atoms with van der Waals surface area (Å²) < 4.78 is 13.6. The van der Waals surface area contributed by atoms with Gasteiger partial charge in [0.05, 0.1) is 5.69 Å². The zero-order chi connectivity index (χ0) is 20.5. The van der Waals surface area contributed by atoms with Gasteiger partial charge < -0.3 is 10.2 Å². The minimum atomic E-state index is -0.311. The molecule has 0 spiro atoms. The van der Waals surface area contributed by atoms with Crippen molar-refractivity contribution in [1.29, 1.82) is 0 Å². The number of rotatable bonds is 5. The Kier molecular flexibility index (Phi) is 4.86. The normalized spacial score (nSPS) is 18.4. The molecule has 1 saturated carbocycles. The molecule has 1 atom stereocenters. The largest absolute Gasteiger partial charge is 0.342 e. The molecule has 3 heterocycles. The molecule has 1 N–H and O–H groups in total. The number of likely N-dealkylation sites (tertiary alicyclic amines) is 1. The Morgan fingerprint density at radius 3 is 2.67 bits per heavy atom. The van der Waals surface area contributed by atoms with E-state index in [2.05, 4.69) is 10.3 Å². The van der Waals surface area contributed by atoms with Gasteiger partial charge in [-0.25, -0.2) is 14.4 Å². The number of hydrogen-bond acceptors (Lipinski definition) is 5. The van der Waals surface area contributed by atoms with Gasteiger partial charge in [0.25, 0.3) is 0 Å². The second-order valence-corrected chi connectivity index (χ2v) is 7.91. The third-order valence-electron chi connectivity index (χ3n) is 5.61. The van der Waals surface area contributed by atoms with Crippen molar-refractivity contribution in [2.45, 2.75) is 25.2 Å². The van der Waals surface area contributed by atoms with Gasteiger partial charge in [0, 0.05) is 54.6 Å². The maximum absolute atomic E-state index is 13.6. The summed E-state index contributed by atoms with van der Waals surface area (Å²) in [5.74, 6) is 1.56. The van der Waals surface area contributed by atoms with Crippen LogP contribution in [0.5, 0.6) is 0 Å². The topological polar surface area (TPSA) is 71.0 Å². The molecule has 152 valence electrons. The lowest BCUT2D eigenvalue weighted by Gasteiger charge is -2.17. The van der Waals surface area contributed by atoms with E-state index in [1.165, 1.54) is 12.1 Å². The molecule has 6 nitrogen and oxygen atoms in total. The maximum atomic E-state index is 13.6. The monoisotopic (exact) mass is 403 g/mol. The fourth-order valence-corrected chi connectivity index (χ4v) is 3.86. The number of halogens is 1. The van der Waals surface area contributed by atoms with Gasteiger partial charge in [-0.3, -0.25) is 9.78 Å². The molecular weight excluding hydrogens is 381 g/mol. The molecule has 3 aromatic rings. The summed E-state index contributed by atoms with van der Waals surface area (Å²) in [7, 11) is 0. The minimum absolute atomic E-state index is 0.0857. The van der Waals surface area contributed by atoms with E-state index < -0.39 is 0 Å². The average molecular weight is 403 g/mol. The highest BCUT2D eigenvalue weighted by Gasteiger charge is 2.37. The summed E-state index contributed by atoms with van der Waals surface area (Å²) >= 11 is 0. The second kappa shape index (κ2) is 7.82. The van der Waals surface area contributed by atoms with E-state index in [9.17, 15) is 9.18 Å². The van der Waals surface area contributed by atoms with Gasteiger partial charge in [-0.15, -0.1) is 0 Å². The SMILES string of the molecule is O=C(C1CC1)N1CCC(c2nc(Nc3cccc(F)c3)cc(-c3ccncc3)n2)C1. The number of aromatic nitrogens is 3. The molecule has 0 radical (unpaired) electrons. The van der Waals surface area contributed by atoms with Crippen LogP contribution in [0.15, 0.2) is 54.9 Å². The number of pyridine rings is 1. The predicted octanol–water partition coefficient (Wildman–Crippen LogP) is 4.15. The van der Waals surface area contributed by atoms with E-state index >= 15 is 0 Å². The van der Waals surface area contributed by atoms with Crippen molar-refractivity contribution in [3.8, 4) is 11.3 Å².